The fourth-order valence-corrected chi connectivity index (χ4v) is 3.53. The van der Waals surface area contributed by atoms with Crippen LogP contribution in [0.15, 0.2) is 24.3 Å². The zero-order valence-corrected chi connectivity index (χ0v) is 16.1. The maximum Gasteiger partial charge on any atom is 0.257 e. The topological polar surface area (TPSA) is 47.4 Å². The van der Waals surface area contributed by atoms with E-state index in [-0.39, 0.29) is 5.91 Å². The van der Waals surface area contributed by atoms with Crippen molar-refractivity contribution in [2.75, 3.05) is 26.3 Å². The number of benzene rings is 1. The smallest absolute Gasteiger partial charge is 0.257 e. The molecule has 1 saturated heterocycles. The summed E-state index contributed by atoms with van der Waals surface area (Å²) in [6.45, 7) is 8.91. The molecule has 2 aromatic rings. The summed E-state index contributed by atoms with van der Waals surface area (Å²) in [7, 11) is 0. The van der Waals surface area contributed by atoms with Crippen LogP contribution in [-0.2, 0) is 17.6 Å². The maximum absolute atomic E-state index is 13.3. The van der Waals surface area contributed by atoms with Gasteiger partial charge in [0.05, 0.1) is 35.9 Å². The molecule has 1 fully saturated rings. The van der Waals surface area contributed by atoms with E-state index in [1.807, 2.05) is 15.6 Å². The van der Waals surface area contributed by atoms with Crippen LogP contribution in [0.25, 0.3) is 5.69 Å². The Morgan fingerprint density at radius 1 is 1.15 bits per heavy atom. The van der Waals surface area contributed by atoms with Crippen LogP contribution in [0.4, 0.5) is 0 Å². The second-order valence-corrected chi connectivity index (χ2v) is 6.92. The molecule has 5 heteroatoms. The third kappa shape index (κ3) is 3.83. The SMILES string of the molecule is CCCc1nn(-c2cccc(C)c2)c(CCC)c1C(=O)N1CCOCC1. The number of aromatic nitrogens is 2. The lowest BCUT2D eigenvalue weighted by Gasteiger charge is -2.27. The van der Waals surface area contributed by atoms with Crippen LogP contribution in [0.2, 0.25) is 0 Å². The standard InChI is InChI=1S/C21H29N3O2/c1-4-7-18-20(21(25)23-11-13-26-14-12-23)19(8-5-2)24(22-18)17-10-6-9-16(3)15-17/h6,9-10,15H,4-5,7-8,11-14H2,1-3H3. The quantitative estimate of drug-likeness (QED) is 0.796. The molecule has 1 aromatic carbocycles. The Kier molecular flexibility index (Phi) is 6.09. The second-order valence-electron chi connectivity index (χ2n) is 6.92. The van der Waals surface area contributed by atoms with Crippen LogP contribution in [-0.4, -0.2) is 46.9 Å². The molecule has 0 bridgehead atoms. The van der Waals surface area contributed by atoms with Gasteiger partial charge in [-0.3, -0.25) is 4.79 Å². The average Bonchev–Trinajstić information content (AvgIpc) is 3.01. The van der Waals surface area contributed by atoms with Gasteiger partial charge in [-0.05, 0) is 37.5 Å². The second kappa shape index (κ2) is 8.49. The van der Waals surface area contributed by atoms with Gasteiger partial charge in [-0.2, -0.15) is 5.10 Å². The van der Waals surface area contributed by atoms with Gasteiger partial charge in [0.1, 0.15) is 0 Å². The summed E-state index contributed by atoms with van der Waals surface area (Å²) >= 11 is 0. The van der Waals surface area contributed by atoms with Crippen molar-refractivity contribution >= 4 is 5.91 Å². The molecule has 0 spiro atoms. The van der Waals surface area contributed by atoms with Gasteiger partial charge < -0.3 is 9.64 Å². The number of rotatable bonds is 6. The Bertz CT molecular complexity index is 761. The highest BCUT2D eigenvalue weighted by atomic mass is 16.5. The lowest BCUT2D eigenvalue weighted by molar-refractivity contribution is 0.0301. The van der Waals surface area contributed by atoms with Crippen molar-refractivity contribution in [1.82, 2.24) is 14.7 Å². The Labute approximate surface area is 156 Å². The first-order chi connectivity index (χ1) is 12.7. The van der Waals surface area contributed by atoms with Gasteiger partial charge in [-0.15, -0.1) is 0 Å². The summed E-state index contributed by atoms with van der Waals surface area (Å²) in [5, 5.41) is 4.88. The fraction of sp³-hybridized carbons (Fsp3) is 0.524. The van der Waals surface area contributed by atoms with Gasteiger partial charge >= 0.3 is 0 Å². The number of aryl methyl sites for hydroxylation is 2. The molecule has 0 N–H and O–H groups in total. The number of nitrogens with zero attached hydrogens (tertiary/aromatic N) is 3. The Balaban J connectivity index is 2.09. The molecule has 1 aliphatic heterocycles. The average molecular weight is 355 g/mol. The Morgan fingerprint density at radius 2 is 1.88 bits per heavy atom. The molecular formula is C21H29N3O2. The largest absolute Gasteiger partial charge is 0.378 e. The fourth-order valence-electron chi connectivity index (χ4n) is 3.53. The molecule has 3 rings (SSSR count). The van der Waals surface area contributed by atoms with Gasteiger partial charge in [-0.25, -0.2) is 4.68 Å². The predicted octanol–water partition coefficient (Wildman–Crippen LogP) is 3.56. The lowest BCUT2D eigenvalue weighted by Crippen LogP contribution is -2.41. The molecular weight excluding hydrogens is 326 g/mol. The molecule has 26 heavy (non-hydrogen) atoms. The van der Waals surface area contributed by atoms with Crippen molar-refractivity contribution in [1.29, 1.82) is 0 Å². The third-order valence-corrected chi connectivity index (χ3v) is 4.79. The third-order valence-electron chi connectivity index (χ3n) is 4.79. The molecule has 1 aromatic heterocycles. The van der Waals surface area contributed by atoms with Crippen molar-refractivity contribution in [3.05, 3.63) is 46.8 Å². The summed E-state index contributed by atoms with van der Waals surface area (Å²) < 4.78 is 7.41. The van der Waals surface area contributed by atoms with Gasteiger partial charge in [0, 0.05) is 13.1 Å². The van der Waals surface area contributed by atoms with E-state index in [1.165, 1.54) is 5.56 Å². The van der Waals surface area contributed by atoms with Crippen LogP contribution in [0.3, 0.4) is 0 Å². The Morgan fingerprint density at radius 3 is 2.54 bits per heavy atom. The predicted molar refractivity (Wildman–Crippen MR) is 103 cm³/mol. The monoisotopic (exact) mass is 355 g/mol. The summed E-state index contributed by atoms with van der Waals surface area (Å²) in [4.78, 5) is 15.2. The van der Waals surface area contributed by atoms with E-state index in [4.69, 9.17) is 9.84 Å². The van der Waals surface area contributed by atoms with Crippen molar-refractivity contribution in [3.63, 3.8) is 0 Å². The molecule has 0 radical (unpaired) electrons. The summed E-state index contributed by atoms with van der Waals surface area (Å²) in [6.07, 6.45) is 3.61. The van der Waals surface area contributed by atoms with Gasteiger partial charge in [0.15, 0.2) is 0 Å². The van der Waals surface area contributed by atoms with E-state index < -0.39 is 0 Å². The number of morpholine rings is 1. The minimum atomic E-state index is 0.110. The summed E-state index contributed by atoms with van der Waals surface area (Å²) in [6, 6.07) is 8.33. The first-order valence-corrected chi connectivity index (χ1v) is 9.70. The molecule has 0 atom stereocenters. The minimum Gasteiger partial charge on any atom is -0.378 e. The van der Waals surface area contributed by atoms with Crippen LogP contribution in [0.5, 0.6) is 0 Å². The van der Waals surface area contributed by atoms with Crippen LogP contribution in [0.1, 0.15) is 54.0 Å². The molecule has 0 aliphatic carbocycles. The van der Waals surface area contributed by atoms with E-state index in [0.717, 1.165) is 48.3 Å². The highest BCUT2D eigenvalue weighted by molar-refractivity contribution is 5.96. The normalized spacial score (nSPS) is 14.7. The number of amides is 1. The van der Waals surface area contributed by atoms with E-state index in [9.17, 15) is 4.79 Å². The van der Waals surface area contributed by atoms with Crippen molar-refractivity contribution < 1.29 is 9.53 Å². The van der Waals surface area contributed by atoms with E-state index in [1.54, 1.807) is 0 Å². The molecule has 140 valence electrons. The summed E-state index contributed by atoms with van der Waals surface area (Å²) in [5.41, 5.74) is 5.01. The highest BCUT2D eigenvalue weighted by Gasteiger charge is 2.28. The molecule has 0 saturated carbocycles. The van der Waals surface area contributed by atoms with Crippen LogP contribution < -0.4 is 0 Å². The first kappa shape index (κ1) is 18.6. The zero-order chi connectivity index (χ0) is 18.5. The van der Waals surface area contributed by atoms with Crippen LogP contribution >= 0.6 is 0 Å². The van der Waals surface area contributed by atoms with Gasteiger partial charge in [-0.1, -0.05) is 38.8 Å². The lowest BCUT2D eigenvalue weighted by atomic mass is 10.0. The van der Waals surface area contributed by atoms with E-state index in [0.29, 0.717) is 26.3 Å². The van der Waals surface area contributed by atoms with Crippen molar-refractivity contribution in [2.45, 2.75) is 46.5 Å². The minimum absolute atomic E-state index is 0.110. The number of hydrogen-bond donors (Lipinski definition) is 0. The zero-order valence-electron chi connectivity index (χ0n) is 16.1. The Hall–Kier alpha value is -2.14. The van der Waals surface area contributed by atoms with Crippen molar-refractivity contribution in [3.8, 4) is 5.69 Å². The van der Waals surface area contributed by atoms with Crippen LogP contribution in [0, 0.1) is 6.92 Å². The molecule has 5 nitrogen and oxygen atoms in total. The molecule has 1 amide bonds. The first-order valence-electron chi connectivity index (χ1n) is 9.70. The number of hydrogen-bond acceptors (Lipinski definition) is 3. The van der Waals surface area contributed by atoms with E-state index in [2.05, 4.69) is 39.0 Å². The number of carbonyl (C=O) groups is 1. The number of ether oxygens (including phenoxy) is 1. The highest BCUT2D eigenvalue weighted by Crippen LogP contribution is 2.24. The maximum atomic E-state index is 13.3. The van der Waals surface area contributed by atoms with E-state index >= 15 is 0 Å². The molecule has 2 heterocycles. The number of carbonyl (C=O) groups excluding carboxylic acids is 1. The van der Waals surface area contributed by atoms with Gasteiger partial charge in [0.25, 0.3) is 5.91 Å². The summed E-state index contributed by atoms with van der Waals surface area (Å²) in [5.74, 6) is 0.110. The van der Waals surface area contributed by atoms with Gasteiger partial charge in [0.2, 0.25) is 0 Å². The van der Waals surface area contributed by atoms with Crippen molar-refractivity contribution in [2.24, 2.45) is 0 Å². The molecule has 1 aliphatic rings. The molecule has 0 unspecified atom stereocenters.